The number of benzene rings is 1. The predicted molar refractivity (Wildman–Crippen MR) is 144 cm³/mol. The van der Waals surface area contributed by atoms with E-state index in [1.807, 2.05) is 31.2 Å². The summed E-state index contributed by atoms with van der Waals surface area (Å²) in [6, 6.07) is 6.90. The summed E-state index contributed by atoms with van der Waals surface area (Å²) < 4.78 is 0. The first-order valence-electron chi connectivity index (χ1n) is 12.6. The summed E-state index contributed by atoms with van der Waals surface area (Å²) in [5, 5.41) is 13.2. The van der Waals surface area contributed by atoms with Crippen LogP contribution in [0, 0.1) is 24.2 Å². The van der Waals surface area contributed by atoms with Crippen molar-refractivity contribution in [2.75, 3.05) is 6.54 Å². The largest absolute Gasteiger partial charge is 0.391 e. The first kappa shape index (κ1) is 29.2. The van der Waals surface area contributed by atoms with Crippen LogP contribution in [0.4, 0.5) is 0 Å². The lowest BCUT2D eigenvalue weighted by molar-refractivity contribution is -0.150. The molecular weight excluding hydrogens is 506 g/mol. The number of amides is 4. The minimum absolute atomic E-state index is 0.0304. The number of likely N-dealkylation sites (tertiary alicyclic amines) is 1. The number of hydrogen-bond donors (Lipinski definition) is 4. The summed E-state index contributed by atoms with van der Waals surface area (Å²) in [6.07, 6.45) is -0.861. The topological polar surface area (TPSA) is 169 Å². The van der Waals surface area contributed by atoms with Gasteiger partial charge in [-0.25, -0.2) is 4.98 Å². The molecule has 0 bridgehead atoms. The van der Waals surface area contributed by atoms with Gasteiger partial charge in [-0.2, -0.15) is 0 Å². The summed E-state index contributed by atoms with van der Waals surface area (Å²) in [5.74, 6) is -4.00. The molecule has 38 heavy (non-hydrogen) atoms. The first-order chi connectivity index (χ1) is 17.8. The Morgan fingerprint density at radius 3 is 2.37 bits per heavy atom. The van der Waals surface area contributed by atoms with Crippen molar-refractivity contribution in [3.05, 3.63) is 41.0 Å². The Morgan fingerprint density at radius 1 is 1.18 bits per heavy atom. The van der Waals surface area contributed by atoms with Crippen molar-refractivity contribution in [3.63, 3.8) is 0 Å². The third-order valence-corrected chi connectivity index (χ3v) is 7.94. The zero-order chi connectivity index (χ0) is 28.2. The van der Waals surface area contributed by atoms with Crippen molar-refractivity contribution in [2.24, 2.45) is 28.7 Å². The molecule has 3 rings (SSSR count). The molecule has 4 amide bonds. The molecule has 11 heteroatoms. The van der Waals surface area contributed by atoms with Crippen LogP contribution >= 0.6 is 11.3 Å². The smallest absolute Gasteiger partial charge is 0.243 e. The van der Waals surface area contributed by atoms with Crippen molar-refractivity contribution >= 4 is 35.0 Å². The van der Waals surface area contributed by atoms with Crippen LogP contribution in [0.15, 0.2) is 29.8 Å². The van der Waals surface area contributed by atoms with Crippen molar-refractivity contribution in [3.8, 4) is 10.4 Å². The zero-order valence-corrected chi connectivity index (χ0v) is 23.1. The van der Waals surface area contributed by atoms with Crippen LogP contribution in [0.25, 0.3) is 10.4 Å². The van der Waals surface area contributed by atoms with Gasteiger partial charge < -0.3 is 26.8 Å². The Bertz CT molecular complexity index is 1170. The predicted octanol–water partition coefficient (Wildman–Crippen LogP) is 1.73. The molecule has 1 saturated heterocycles. The molecule has 206 valence electrons. The van der Waals surface area contributed by atoms with Gasteiger partial charge >= 0.3 is 0 Å². The number of thiazole rings is 1. The molecule has 1 fully saturated rings. The fourth-order valence-electron chi connectivity index (χ4n) is 5.06. The number of carbonyl (C=O) groups is 4. The Labute approximate surface area is 226 Å². The summed E-state index contributed by atoms with van der Waals surface area (Å²) in [4.78, 5) is 57.4. The van der Waals surface area contributed by atoms with Crippen LogP contribution in [-0.2, 0) is 25.7 Å². The van der Waals surface area contributed by atoms with Crippen LogP contribution in [0.1, 0.15) is 51.3 Å². The van der Waals surface area contributed by atoms with Crippen molar-refractivity contribution < 1.29 is 24.3 Å². The molecular formula is C27H37N5O5S. The number of aromatic nitrogens is 1. The number of aliphatic hydroxyl groups is 1. The summed E-state index contributed by atoms with van der Waals surface area (Å²) in [5.41, 5.74) is 14.9. The van der Waals surface area contributed by atoms with Gasteiger partial charge in [-0.05, 0) is 29.9 Å². The number of hydrogen-bond acceptors (Lipinski definition) is 7. The Hall–Kier alpha value is -3.31. The van der Waals surface area contributed by atoms with Crippen molar-refractivity contribution in [2.45, 2.75) is 65.6 Å². The molecule has 0 aliphatic carbocycles. The first-order valence-corrected chi connectivity index (χ1v) is 13.5. The maximum absolute atomic E-state index is 13.8. The van der Waals surface area contributed by atoms with Gasteiger partial charge in [-0.15, -0.1) is 11.3 Å². The molecule has 2 aromatic rings. The van der Waals surface area contributed by atoms with E-state index in [0.717, 1.165) is 21.7 Å². The highest BCUT2D eigenvalue weighted by Gasteiger charge is 2.47. The van der Waals surface area contributed by atoms with Gasteiger partial charge in [0.1, 0.15) is 6.04 Å². The van der Waals surface area contributed by atoms with E-state index in [4.69, 9.17) is 11.5 Å². The van der Waals surface area contributed by atoms with Crippen molar-refractivity contribution in [1.82, 2.24) is 15.2 Å². The number of nitrogens with two attached hydrogens (primary N) is 2. The summed E-state index contributed by atoms with van der Waals surface area (Å²) in [7, 11) is 0. The number of nitrogens with one attached hydrogen (secondary N) is 1. The van der Waals surface area contributed by atoms with Gasteiger partial charge in [0, 0.05) is 25.9 Å². The lowest BCUT2D eigenvalue weighted by Crippen LogP contribution is -2.53. The second-order valence-corrected chi connectivity index (χ2v) is 11.8. The van der Waals surface area contributed by atoms with Crippen LogP contribution in [0.3, 0.4) is 0 Å². The molecule has 1 aromatic heterocycles. The van der Waals surface area contributed by atoms with Crippen molar-refractivity contribution in [1.29, 1.82) is 0 Å². The summed E-state index contributed by atoms with van der Waals surface area (Å²) in [6.45, 7) is 7.57. The monoisotopic (exact) mass is 543 g/mol. The van der Waals surface area contributed by atoms with Crippen LogP contribution in [0.5, 0.6) is 0 Å². The quantitative estimate of drug-likeness (QED) is 0.356. The SMILES string of the molecule is Cc1ncsc1-c1ccc(CNC(=O)[C@@H]2C[C@@H](O)CN2C(=O)[C@@H](C(CCC(N)=O)C(N)=O)C(C)(C)C)cc1. The van der Waals surface area contributed by atoms with E-state index in [9.17, 15) is 24.3 Å². The number of primary amides is 2. The third-order valence-electron chi connectivity index (χ3n) is 6.96. The van der Waals surface area contributed by atoms with Crippen LogP contribution < -0.4 is 16.8 Å². The highest BCUT2D eigenvalue weighted by molar-refractivity contribution is 7.13. The molecule has 0 radical (unpaired) electrons. The number of rotatable bonds is 10. The number of aliphatic hydroxyl groups excluding tert-OH is 1. The van der Waals surface area contributed by atoms with Gasteiger partial charge in [-0.1, -0.05) is 45.0 Å². The maximum Gasteiger partial charge on any atom is 0.243 e. The number of aryl methyl sites for hydroxylation is 1. The Kier molecular flexibility index (Phi) is 9.26. The number of carbonyl (C=O) groups excluding carboxylic acids is 4. The number of β-amino-alcohol motifs (C(OH)–C–C–N with tert-alkyl or cyclic N) is 1. The Balaban J connectivity index is 1.74. The normalized spacial score (nSPS) is 19.1. The van der Waals surface area contributed by atoms with E-state index in [0.29, 0.717) is 0 Å². The molecule has 0 spiro atoms. The van der Waals surface area contributed by atoms with Gasteiger partial charge in [0.05, 0.1) is 34.0 Å². The second-order valence-electron chi connectivity index (χ2n) is 10.9. The maximum atomic E-state index is 13.8. The van der Waals surface area contributed by atoms with Crippen LogP contribution in [-0.4, -0.2) is 57.3 Å². The highest BCUT2D eigenvalue weighted by atomic mass is 32.1. The van der Waals surface area contributed by atoms with E-state index in [1.54, 1.807) is 37.6 Å². The fourth-order valence-corrected chi connectivity index (χ4v) is 5.87. The molecule has 1 unspecified atom stereocenters. The van der Waals surface area contributed by atoms with Gasteiger partial charge in [0.25, 0.3) is 0 Å². The standard InChI is InChI=1S/C27H37N5O5S/c1-15-23(38-14-31-15)17-7-5-16(6-8-17)12-30-25(36)20-11-18(33)13-32(20)26(37)22(27(2,3)4)19(24(29)35)9-10-21(28)34/h5-8,14,18-20,22,33H,9-13H2,1-4H3,(H2,28,34)(H2,29,35)(H,30,36)/t18-,19?,20+,22-/m1/s1. The Morgan fingerprint density at radius 2 is 1.84 bits per heavy atom. The van der Waals surface area contributed by atoms with E-state index < -0.39 is 53.0 Å². The molecule has 1 aromatic carbocycles. The van der Waals surface area contributed by atoms with Gasteiger partial charge in [-0.3, -0.25) is 19.2 Å². The molecule has 1 aliphatic heterocycles. The zero-order valence-electron chi connectivity index (χ0n) is 22.3. The summed E-state index contributed by atoms with van der Waals surface area (Å²) >= 11 is 1.56. The average molecular weight is 544 g/mol. The average Bonchev–Trinajstić information content (AvgIpc) is 3.44. The second kappa shape index (κ2) is 12.0. The highest BCUT2D eigenvalue weighted by Crippen LogP contribution is 2.38. The van der Waals surface area contributed by atoms with E-state index in [1.165, 1.54) is 4.90 Å². The molecule has 0 saturated carbocycles. The van der Waals surface area contributed by atoms with E-state index in [2.05, 4.69) is 10.3 Å². The molecule has 10 nitrogen and oxygen atoms in total. The van der Waals surface area contributed by atoms with Gasteiger partial charge in [0.2, 0.25) is 23.6 Å². The fraction of sp³-hybridized carbons (Fsp3) is 0.519. The van der Waals surface area contributed by atoms with E-state index in [-0.39, 0.29) is 32.4 Å². The molecule has 6 N–H and O–H groups in total. The molecule has 1 aliphatic rings. The van der Waals surface area contributed by atoms with Gasteiger partial charge in [0.15, 0.2) is 0 Å². The lowest BCUT2D eigenvalue weighted by Gasteiger charge is -2.38. The molecule has 2 heterocycles. The lowest BCUT2D eigenvalue weighted by atomic mass is 9.70. The molecule has 4 atom stereocenters. The number of nitrogens with zero attached hydrogens (tertiary/aromatic N) is 2. The minimum Gasteiger partial charge on any atom is -0.391 e. The van der Waals surface area contributed by atoms with E-state index >= 15 is 0 Å². The minimum atomic E-state index is -0.947. The van der Waals surface area contributed by atoms with Crippen LogP contribution in [0.2, 0.25) is 0 Å². The third kappa shape index (κ3) is 6.96.